The van der Waals surface area contributed by atoms with Gasteiger partial charge in [-0.15, -0.1) is 0 Å². The minimum absolute atomic E-state index is 0.0862. The third kappa shape index (κ3) is 3.29. The number of nitrogens with zero attached hydrogens (tertiary/aromatic N) is 1. The van der Waals surface area contributed by atoms with Crippen molar-refractivity contribution in [3.63, 3.8) is 0 Å². The molecule has 2 rings (SSSR count). The Hall–Kier alpha value is -1.59. The highest BCUT2D eigenvalue weighted by Crippen LogP contribution is 2.26. The van der Waals surface area contributed by atoms with E-state index in [4.69, 9.17) is 9.47 Å². The Morgan fingerprint density at radius 3 is 2.95 bits per heavy atom. The number of amides is 1. The van der Waals surface area contributed by atoms with E-state index in [1.165, 1.54) is 0 Å². The summed E-state index contributed by atoms with van der Waals surface area (Å²) in [4.78, 5) is 13.9. The van der Waals surface area contributed by atoms with E-state index in [9.17, 15) is 4.79 Å². The predicted octanol–water partition coefficient (Wildman–Crippen LogP) is 1.41. The molecule has 0 radical (unpaired) electrons. The van der Waals surface area contributed by atoms with Crippen LogP contribution in [-0.2, 0) is 9.53 Å². The van der Waals surface area contributed by atoms with Gasteiger partial charge in [0.05, 0.1) is 20.3 Å². The van der Waals surface area contributed by atoms with Gasteiger partial charge in [0.25, 0.3) is 0 Å². The van der Waals surface area contributed by atoms with Crippen molar-refractivity contribution < 1.29 is 14.3 Å². The number of carbonyl (C=O) groups excluding carboxylic acids is 1. The molecule has 110 valence electrons. The Morgan fingerprint density at radius 1 is 1.45 bits per heavy atom. The molecule has 20 heavy (non-hydrogen) atoms. The molecule has 1 aromatic carbocycles. The zero-order valence-corrected chi connectivity index (χ0v) is 12.3. The molecule has 1 heterocycles. The average molecular weight is 278 g/mol. The van der Waals surface area contributed by atoms with Gasteiger partial charge in [0.1, 0.15) is 11.9 Å². The number of hydrogen-bond donors (Lipinski definition) is 1. The summed E-state index contributed by atoms with van der Waals surface area (Å²) >= 11 is 0. The van der Waals surface area contributed by atoms with Crippen LogP contribution in [0.2, 0.25) is 0 Å². The second-order valence-corrected chi connectivity index (χ2v) is 5.17. The van der Waals surface area contributed by atoms with Crippen LogP contribution in [0.3, 0.4) is 0 Å². The zero-order valence-electron chi connectivity index (χ0n) is 12.3. The van der Waals surface area contributed by atoms with Crippen molar-refractivity contribution in [1.82, 2.24) is 10.2 Å². The first-order chi connectivity index (χ1) is 9.65. The van der Waals surface area contributed by atoms with Crippen LogP contribution in [0, 0.1) is 5.92 Å². The fraction of sp³-hybridized carbons (Fsp3) is 0.533. The van der Waals surface area contributed by atoms with Gasteiger partial charge in [0.2, 0.25) is 5.91 Å². The first-order valence-corrected chi connectivity index (χ1v) is 6.81. The molecule has 1 aliphatic rings. The molecule has 0 bridgehead atoms. The SMILES string of the molecule is COCC(C)CN1C(=O)CNC1c1cccc(OC)c1. The van der Waals surface area contributed by atoms with Gasteiger partial charge in [0.15, 0.2) is 0 Å². The number of nitrogens with one attached hydrogen (secondary N) is 1. The molecular weight excluding hydrogens is 256 g/mol. The smallest absolute Gasteiger partial charge is 0.238 e. The molecule has 1 N–H and O–H groups in total. The fourth-order valence-electron chi connectivity index (χ4n) is 2.53. The minimum Gasteiger partial charge on any atom is -0.497 e. The summed E-state index contributed by atoms with van der Waals surface area (Å²) in [6, 6.07) is 7.81. The number of benzene rings is 1. The number of rotatable bonds is 6. The van der Waals surface area contributed by atoms with E-state index >= 15 is 0 Å². The maximum absolute atomic E-state index is 12.0. The summed E-state index contributed by atoms with van der Waals surface area (Å²) in [6.45, 7) is 3.79. The van der Waals surface area contributed by atoms with Crippen LogP contribution < -0.4 is 10.1 Å². The van der Waals surface area contributed by atoms with Crippen molar-refractivity contribution in [2.75, 3.05) is 33.9 Å². The van der Waals surface area contributed by atoms with Crippen LogP contribution in [0.15, 0.2) is 24.3 Å². The summed E-state index contributed by atoms with van der Waals surface area (Å²) in [6.07, 6.45) is -0.0862. The Bertz CT molecular complexity index is 464. The monoisotopic (exact) mass is 278 g/mol. The van der Waals surface area contributed by atoms with Gasteiger partial charge in [0, 0.05) is 13.7 Å². The third-order valence-corrected chi connectivity index (χ3v) is 3.45. The van der Waals surface area contributed by atoms with E-state index < -0.39 is 0 Å². The molecule has 1 aromatic rings. The van der Waals surface area contributed by atoms with Crippen LogP contribution in [0.4, 0.5) is 0 Å². The van der Waals surface area contributed by atoms with Crippen LogP contribution in [-0.4, -0.2) is 44.7 Å². The maximum Gasteiger partial charge on any atom is 0.238 e. The molecule has 2 unspecified atom stereocenters. The van der Waals surface area contributed by atoms with Gasteiger partial charge in [-0.1, -0.05) is 19.1 Å². The maximum atomic E-state index is 12.0. The van der Waals surface area contributed by atoms with Gasteiger partial charge in [-0.2, -0.15) is 0 Å². The minimum atomic E-state index is -0.0862. The molecule has 1 amide bonds. The summed E-state index contributed by atoms with van der Waals surface area (Å²) < 4.78 is 10.4. The van der Waals surface area contributed by atoms with Crippen molar-refractivity contribution in [3.05, 3.63) is 29.8 Å². The zero-order chi connectivity index (χ0) is 14.5. The Morgan fingerprint density at radius 2 is 2.25 bits per heavy atom. The first-order valence-electron chi connectivity index (χ1n) is 6.81. The highest BCUT2D eigenvalue weighted by molar-refractivity contribution is 5.81. The predicted molar refractivity (Wildman–Crippen MR) is 76.5 cm³/mol. The summed E-state index contributed by atoms with van der Waals surface area (Å²) in [7, 11) is 3.32. The quantitative estimate of drug-likeness (QED) is 0.855. The summed E-state index contributed by atoms with van der Waals surface area (Å²) in [5.41, 5.74) is 1.04. The molecule has 0 saturated carbocycles. The Labute approximate surface area is 119 Å². The van der Waals surface area contributed by atoms with Gasteiger partial charge in [-0.3, -0.25) is 10.1 Å². The lowest BCUT2D eigenvalue weighted by Gasteiger charge is -2.27. The van der Waals surface area contributed by atoms with Crippen LogP contribution in [0.5, 0.6) is 5.75 Å². The molecule has 0 aromatic heterocycles. The van der Waals surface area contributed by atoms with Crippen molar-refractivity contribution in [1.29, 1.82) is 0 Å². The topological polar surface area (TPSA) is 50.8 Å². The van der Waals surface area contributed by atoms with E-state index in [0.717, 1.165) is 11.3 Å². The lowest BCUT2D eigenvalue weighted by molar-refractivity contribution is -0.128. The average Bonchev–Trinajstić information content (AvgIpc) is 2.81. The Kier molecular flexibility index (Phi) is 4.98. The lowest BCUT2D eigenvalue weighted by Crippen LogP contribution is -2.35. The van der Waals surface area contributed by atoms with Crippen molar-refractivity contribution in [3.8, 4) is 5.75 Å². The van der Waals surface area contributed by atoms with Crippen LogP contribution in [0.1, 0.15) is 18.7 Å². The highest BCUT2D eigenvalue weighted by atomic mass is 16.5. The van der Waals surface area contributed by atoms with Gasteiger partial charge >= 0.3 is 0 Å². The van der Waals surface area contributed by atoms with Crippen molar-refractivity contribution in [2.24, 2.45) is 5.92 Å². The summed E-state index contributed by atoms with van der Waals surface area (Å²) in [5.74, 6) is 1.23. The number of carbonyl (C=O) groups is 1. The normalized spacial score (nSPS) is 20.2. The molecule has 1 saturated heterocycles. The largest absolute Gasteiger partial charge is 0.497 e. The molecule has 1 fully saturated rings. The second kappa shape index (κ2) is 6.72. The van der Waals surface area contributed by atoms with Crippen molar-refractivity contribution >= 4 is 5.91 Å². The van der Waals surface area contributed by atoms with Gasteiger partial charge in [-0.05, 0) is 23.6 Å². The number of ether oxygens (including phenoxy) is 2. The number of hydrogen-bond acceptors (Lipinski definition) is 4. The van der Waals surface area contributed by atoms with Gasteiger partial charge < -0.3 is 14.4 Å². The highest BCUT2D eigenvalue weighted by Gasteiger charge is 2.32. The van der Waals surface area contributed by atoms with Crippen LogP contribution in [0.25, 0.3) is 0 Å². The molecular formula is C15H22N2O3. The second-order valence-electron chi connectivity index (χ2n) is 5.17. The Balaban J connectivity index is 2.14. The molecule has 2 atom stereocenters. The summed E-state index contributed by atoms with van der Waals surface area (Å²) in [5, 5.41) is 3.25. The van der Waals surface area contributed by atoms with Gasteiger partial charge in [-0.25, -0.2) is 0 Å². The molecule has 5 nitrogen and oxygen atoms in total. The molecule has 5 heteroatoms. The van der Waals surface area contributed by atoms with E-state index in [1.54, 1.807) is 14.2 Å². The van der Waals surface area contributed by atoms with E-state index in [2.05, 4.69) is 12.2 Å². The van der Waals surface area contributed by atoms with Crippen LogP contribution >= 0.6 is 0 Å². The third-order valence-electron chi connectivity index (χ3n) is 3.45. The van der Waals surface area contributed by atoms with E-state index in [1.807, 2.05) is 29.2 Å². The van der Waals surface area contributed by atoms with Crippen molar-refractivity contribution in [2.45, 2.75) is 13.1 Å². The van der Waals surface area contributed by atoms with E-state index in [-0.39, 0.29) is 12.1 Å². The number of methoxy groups -OCH3 is 2. The first kappa shape index (κ1) is 14.8. The molecule has 0 aliphatic carbocycles. The standard InChI is InChI=1S/C15H22N2O3/c1-11(10-19-2)9-17-14(18)8-16-15(17)12-5-4-6-13(7-12)20-3/h4-7,11,15-16H,8-10H2,1-3H3. The molecule has 0 spiro atoms. The lowest BCUT2D eigenvalue weighted by atomic mass is 10.1. The molecule has 1 aliphatic heterocycles. The van der Waals surface area contributed by atoms with E-state index in [0.29, 0.717) is 25.6 Å². The fourth-order valence-corrected chi connectivity index (χ4v) is 2.53.